The average molecular weight is 291 g/mol. The van der Waals surface area contributed by atoms with E-state index in [0.717, 1.165) is 36.2 Å². The van der Waals surface area contributed by atoms with Gasteiger partial charge in [0.25, 0.3) is 0 Å². The van der Waals surface area contributed by atoms with Crippen molar-refractivity contribution in [2.75, 3.05) is 25.1 Å². The Labute approximate surface area is 124 Å². The molecule has 4 heteroatoms. The first-order valence-electron chi connectivity index (χ1n) is 7.12. The second-order valence-electron chi connectivity index (χ2n) is 5.36. The van der Waals surface area contributed by atoms with Crippen molar-refractivity contribution in [3.8, 4) is 0 Å². The van der Waals surface area contributed by atoms with E-state index in [4.69, 9.17) is 16.3 Å². The fourth-order valence-electron chi connectivity index (χ4n) is 2.69. The number of hydrogen-bond acceptors (Lipinski definition) is 3. The van der Waals surface area contributed by atoms with Crippen LogP contribution in [0.2, 0.25) is 5.15 Å². The summed E-state index contributed by atoms with van der Waals surface area (Å²) >= 11 is 6.28. The second-order valence-corrected chi connectivity index (χ2v) is 5.72. The van der Waals surface area contributed by atoms with Crippen LogP contribution in [0, 0.1) is 0 Å². The number of rotatable bonds is 3. The molecule has 0 radical (unpaired) electrons. The number of hydrogen-bond donors (Lipinski definition) is 0. The van der Waals surface area contributed by atoms with Gasteiger partial charge in [-0.1, -0.05) is 35.9 Å². The number of benzene rings is 1. The largest absolute Gasteiger partial charge is 0.376 e. The van der Waals surface area contributed by atoms with Crippen molar-refractivity contribution in [1.82, 2.24) is 4.98 Å². The molecule has 1 atom stereocenters. The molecule has 0 aliphatic carbocycles. The Hall–Kier alpha value is -1.32. The third-order valence-electron chi connectivity index (χ3n) is 3.82. The van der Waals surface area contributed by atoms with Gasteiger partial charge in [-0.2, -0.15) is 0 Å². The van der Waals surface area contributed by atoms with Crippen molar-refractivity contribution in [2.24, 2.45) is 0 Å². The maximum absolute atomic E-state index is 6.28. The number of pyridine rings is 1. The van der Waals surface area contributed by atoms with Crippen LogP contribution in [0.3, 0.4) is 0 Å². The van der Waals surface area contributed by atoms with E-state index < -0.39 is 0 Å². The van der Waals surface area contributed by atoms with Crippen LogP contribution in [0.5, 0.6) is 0 Å². The van der Waals surface area contributed by atoms with Crippen molar-refractivity contribution < 1.29 is 4.74 Å². The van der Waals surface area contributed by atoms with Gasteiger partial charge < -0.3 is 9.64 Å². The molecular formula is C16H19ClN2O. The predicted molar refractivity (Wildman–Crippen MR) is 83.6 cm³/mol. The third-order valence-corrected chi connectivity index (χ3v) is 4.11. The predicted octanol–water partition coefficient (Wildman–Crippen LogP) is 3.89. The minimum absolute atomic E-state index is 0.306. The molecule has 2 aromatic rings. The average Bonchev–Trinajstić information content (AvgIpc) is 2.48. The van der Waals surface area contributed by atoms with Crippen LogP contribution in [-0.2, 0) is 4.74 Å². The Bertz CT molecular complexity index is 596. The number of aromatic nitrogens is 1. The highest BCUT2D eigenvalue weighted by Gasteiger charge is 2.17. The first kappa shape index (κ1) is 13.7. The highest BCUT2D eigenvalue weighted by molar-refractivity contribution is 6.34. The van der Waals surface area contributed by atoms with Crippen molar-refractivity contribution in [1.29, 1.82) is 0 Å². The topological polar surface area (TPSA) is 25.4 Å². The van der Waals surface area contributed by atoms with Crippen molar-refractivity contribution >= 4 is 28.2 Å². The zero-order valence-electron chi connectivity index (χ0n) is 11.7. The van der Waals surface area contributed by atoms with Crippen molar-refractivity contribution in [3.05, 3.63) is 35.5 Å². The van der Waals surface area contributed by atoms with E-state index >= 15 is 0 Å². The van der Waals surface area contributed by atoms with E-state index in [-0.39, 0.29) is 0 Å². The Kier molecular flexibility index (Phi) is 4.08. The van der Waals surface area contributed by atoms with Gasteiger partial charge in [0.05, 0.1) is 6.10 Å². The Balaban J connectivity index is 1.81. The van der Waals surface area contributed by atoms with Gasteiger partial charge in [0, 0.05) is 25.6 Å². The molecule has 0 bridgehead atoms. The smallest absolute Gasteiger partial charge is 0.139 e. The molecule has 0 saturated carbocycles. The summed E-state index contributed by atoms with van der Waals surface area (Å²) in [6.45, 7) is 1.74. The summed E-state index contributed by atoms with van der Waals surface area (Å²) in [5.41, 5.74) is 0. The zero-order valence-corrected chi connectivity index (χ0v) is 12.4. The van der Waals surface area contributed by atoms with Gasteiger partial charge in [-0.05, 0) is 30.7 Å². The van der Waals surface area contributed by atoms with Crippen LogP contribution >= 0.6 is 11.6 Å². The van der Waals surface area contributed by atoms with Crippen LogP contribution in [-0.4, -0.2) is 31.3 Å². The standard InChI is InChI=1S/C16H19ClN2O/c1-19(11-13-7-4-5-9-20-13)15-10-12-6-2-3-8-14(12)16(17)18-15/h2-3,6,8,10,13H,4-5,7,9,11H2,1H3. The van der Waals surface area contributed by atoms with Crippen LogP contribution in [0.4, 0.5) is 5.82 Å². The quantitative estimate of drug-likeness (QED) is 0.802. The fraction of sp³-hybridized carbons (Fsp3) is 0.438. The molecule has 1 aliphatic heterocycles. The highest BCUT2D eigenvalue weighted by atomic mass is 35.5. The molecule has 1 aromatic heterocycles. The maximum atomic E-state index is 6.28. The van der Waals surface area contributed by atoms with Crippen LogP contribution < -0.4 is 4.90 Å². The molecule has 0 N–H and O–H groups in total. The van der Waals surface area contributed by atoms with Crippen LogP contribution in [0.25, 0.3) is 10.8 Å². The highest BCUT2D eigenvalue weighted by Crippen LogP contribution is 2.26. The number of likely N-dealkylation sites (N-methyl/N-ethyl adjacent to an activating group) is 1. The number of fused-ring (bicyclic) bond motifs is 1. The van der Waals surface area contributed by atoms with Gasteiger partial charge in [0.15, 0.2) is 0 Å². The molecule has 0 amide bonds. The minimum atomic E-state index is 0.306. The summed E-state index contributed by atoms with van der Waals surface area (Å²) in [5, 5.41) is 2.69. The maximum Gasteiger partial charge on any atom is 0.139 e. The molecule has 1 aromatic carbocycles. The third kappa shape index (κ3) is 2.89. The van der Waals surface area contributed by atoms with Crippen molar-refractivity contribution in [3.63, 3.8) is 0 Å². The summed E-state index contributed by atoms with van der Waals surface area (Å²) in [6, 6.07) is 10.2. The van der Waals surface area contributed by atoms with E-state index in [1.54, 1.807) is 0 Å². The Morgan fingerprint density at radius 3 is 3.00 bits per heavy atom. The Morgan fingerprint density at radius 1 is 1.35 bits per heavy atom. The first-order chi connectivity index (χ1) is 9.74. The lowest BCUT2D eigenvalue weighted by Gasteiger charge is -2.28. The first-order valence-corrected chi connectivity index (χ1v) is 7.50. The molecule has 2 heterocycles. The van der Waals surface area contributed by atoms with Gasteiger partial charge in [-0.3, -0.25) is 0 Å². The Morgan fingerprint density at radius 2 is 2.20 bits per heavy atom. The van der Waals surface area contributed by atoms with E-state index in [9.17, 15) is 0 Å². The second kappa shape index (κ2) is 5.98. The number of anilines is 1. The fourth-order valence-corrected chi connectivity index (χ4v) is 2.95. The van der Waals surface area contributed by atoms with Crippen LogP contribution in [0.15, 0.2) is 30.3 Å². The molecule has 1 aliphatic rings. The molecule has 20 heavy (non-hydrogen) atoms. The lowest BCUT2D eigenvalue weighted by Crippen LogP contribution is -2.33. The summed E-state index contributed by atoms with van der Waals surface area (Å²) in [4.78, 5) is 6.64. The van der Waals surface area contributed by atoms with E-state index in [2.05, 4.69) is 22.0 Å². The normalized spacial score (nSPS) is 19.2. The molecule has 3 nitrogen and oxygen atoms in total. The van der Waals surface area contributed by atoms with E-state index in [0.29, 0.717) is 11.3 Å². The van der Waals surface area contributed by atoms with Crippen molar-refractivity contribution in [2.45, 2.75) is 25.4 Å². The molecule has 1 saturated heterocycles. The summed E-state index contributed by atoms with van der Waals surface area (Å²) in [5.74, 6) is 0.905. The van der Waals surface area contributed by atoms with Gasteiger partial charge in [0.2, 0.25) is 0 Å². The van der Waals surface area contributed by atoms with Gasteiger partial charge in [-0.15, -0.1) is 0 Å². The summed E-state index contributed by atoms with van der Waals surface area (Å²) < 4.78 is 5.79. The number of ether oxygens (including phenoxy) is 1. The molecular weight excluding hydrogens is 272 g/mol. The van der Waals surface area contributed by atoms with E-state index in [1.807, 2.05) is 25.2 Å². The van der Waals surface area contributed by atoms with E-state index in [1.165, 1.54) is 12.8 Å². The SMILES string of the molecule is CN(CC1CCCCO1)c1cc2ccccc2c(Cl)n1. The summed E-state index contributed by atoms with van der Waals surface area (Å²) in [6.07, 6.45) is 3.87. The molecule has 1 unspecified atom stereocenters. The lowest BCUT2D eigenvalue weighted by molar-refractivity contribution is 0.0215. The van der Waals surface area contributed by atoms with Gasteiger partial charge in [0.1, 0.15) is 11.0 Å². The summed E-state index contributed by atoms with van der Waals surface area (Å²) in [7, 11) is 2.05. The monoisotopic (exact) mass is 290 g/mol. The van der Waals surface area contributed by atoms with Gasteiger partial charge in [-0.25, -0.2) is 4.98 Å². The molecule has 3 rings (SSSR count). The lowest BCUT2D eigenvalue weighted by atomic mass is 10.1. The van der Waals surface area contributed by atoms with Gasteiger partial charge >= 0.3 is 0 Å². The molecule has 106 valence electrons. The minimum Gasteiger partial charge on any atom is -0.376 e. The molecule has 1 fully saturated rings. The molecule has 0 spiro atoms. The number of halogens is 1. The number of nitrogens with zero attached hydrogens (tertiary/aromatic N) is 2. The zero-order chi connectivity index (χ0) is 13.9. The van der Waals surface area contributed by atoms with Crippen LogP contribution in [0.1, 0.15) is 19.3 Å².